The summed E-state index contributed by atoms with van der Waals surface area (Å²) in [5, 5.41) is 12.8. The standard InChI is InChI=1S/C14H26N2O2/c1-14(7-4-8-14)10-15-13(18)16(2)9-11-5-3-6-12(11)17/h11-12,17H,3-10H2,1-2H3,(H,15,18). The number of hydrogen-bond donors (Lipinski definition) is 2. The van der Waals surface area contributed by atoms with Gasteiger partial charge in [-0.3, -0.25) is 0 Å². The van der Waals surface area contributed by atoms with Crippen molar-refractivity contribution in [2.24, 2.45) is 11.3 Å². The first kappa shape index (κ1) is 13.7. The van der Waals surface area contributed by atoms with Crippen LogP contribution in [0.5, 0.6) is 0 Å². The van der Waals surface area contributed by atoms with E-state index < -0.39 is 0 Å². The van der Waals surface area contributed by atoms with Gasteiger partial charge in [-0.15, -0.1) is 0 Å². The van der Waals surface area contributed by atoms with Gasteiger partial charge in [-0.05, 0) is 31.1 Å². The fourth-order valence-corrected chi connectivity index (χ4v) is 3.05. The minimum absolute atomic E-state index is 0.00206. The molecule has 0 radical (unpaired) electrons. The Morgan fingerprint density at radius 1 is 1.39 bits per heavy atom. The highest BCUT2D eigenvalue weighted by molar-refractivity contribution is 5.73. The molecule has 0 aromatic rings. The Kier molecular flexibility index (Phi) is 4.15. The molecule has 0 aliphatic heterocycles. The van der Waals surface area contributed by atoms with Crippen LogP contribution in [0, 0.1) is 11.3 Å². The first-order chi connectivity index (χ1) is 8.50. The highest BCUT2D eigenvalue weighted by atomic mass is 16.3. The van der Waals surface area contributed by atoms with Gasteiger partial charge in [-0.25, -0.2) is 4.79 Å². The molecule has 2 amide bonds. The van der Waals surface area contributed by atoms with Crippen molar-refractivity contribution in [2.75, 3.05) is 20.1 Å². The average molecular weight is 254 g/mol. The average Bonchev–Trinajstić information content (AvgIpc) is 2.69. The van der Waals surface area contributed by atoms with Gasteiger partial charge in [0.1, 0.15) is 0 Å². The molecule has 2 unspecified atom stereocenters. The minimum Gasteiger partial charge on any atom is -0.393 e. The van der Waals surface area contributed by atoms with E-state index in [0.717, 1.165) is 25.8 Å². The van der Waals surface area contributed by atoms with Crippen LogP contribution in [-0.2, 0) is 0 Å². The molecule has 104 valence electrons. The summed E-state index contributed by atoms with van der Waals surface area (Å²) < 4.78 is 0. The fourth-order valence-electron chi connectivity index (χ4n) is 3.05. The van der Waals surface area contributed by atoms with E-state index >= 15 is 0 Å². The Morgan fingerprint density at radius 2 is 2.11 bits per heavy atom. The lowest BCUT2D eigenvalue weighted by Crippen LogP contribution is -2.46. The van der Waals surface area contributed by atoms with Crippen molar-refractivity contribution in [1.82, 2.24) is 10.2 Å². The van der Waals surface area contributed by atoms with Crippen molar-refractivity contribution >= 4 is 6.03 Å². The van der Waals surface area contributed by atoms with Crippen molar-refractivity contribution in [1.29, 1.82) is 0 Å². The second-order valence-corrected chi connectivity index (χ2v) is 6.46. The highest BCUT2D eigenvalue weighted by Gasteiger charge is 2.32. The SMILES string of the molecule is CN(CC1CCCC1O)C(=O)NCC1(C)CCC1. The van der Waals surface area contributed by atoms with Crippen LogP contribution in [0.3, 0.4) is 0 Å². The molecule has 0 aromatic carbocycles. The third-order valence-electron chi connectivity index (χ3n) is 4.70. The Bertz CT molecular complexity index is 302. The second kappa shape index (κ2) is 5.47. The monoisotopic (exact) mass is 254 g/mol. The largest absolute Gasteiger partial charge is 0.393 e. The molecule has 2 saturated carbocycles. The first-order valence-corrected chi connectivity index (χ1v) is 7.17. The summed E-state index contributed by atoms with van der Waals surface area (Å²) in [4.78, 5) is 13.7. The smallest absolute Gasteiger partial charge is 0.317 e. The zero-order valence-electron chi connectivity index (χ0n) is 11.6. The Labute approximate surface area is 110 Å². The van der Waals surface area contributed by atoms with Crippen molar-refractivity contribution in [3.63, 3.8) is 0 Å². The van der Waals surface area contributed by atoms with Crippen LogP contribution < -0.4 is 5.32 Å². The molecule has 2 aliphatic carbocycles. The van der Waals surface area contributed by atoms with Crippen LogP contribution in [0.25, 0.3) is 0 Å². The lowest BCUT2D eigenvalue weighted by atomic mass is 9.70. The predicted molar refractivity (Wildman–Crippen MR) is 71.3 cm³/mol. The molecule has 18 heavy (non-hydrogen) atoms. The third kappa shape index (κ3) is 3.16. The van der Waals surface area contributed by atoms with Gasteiger partial charge in [-0.1, -0.05) is 19.8 Å². The first-order valence-electron chi connectivity index (χ1n) is 7.17. The number of amides is 2. The van der Waals surface area contributed by atoms with E-state index in [4.69, 9.17) is 0 Å². The van der Waals surface area contributed by atoms with E-state index in [9.17, 15) is 9.90 Å². The van der Waals surface area contributed by atoms with Crippen molar-refractivity contribution < 1.29 is 9.90 Å². The number of nitrogens with one attached hydrogen (secondary N) is 1. The number of carbonyl (C=O) groups is 1. The molecule has 2 atom stereocenters. The predicted octanol–water partition coefficient (Wildman–Crippen LogP) is 1.98. The minimum atomic E-state index is -0.218. The number of aliphatic hydroxyl groups excluding tert-OH is 1. The van der Waals surface area contributed by atoms with Gasteiger partial charge in [0.2, 0.25) is 0 Å². The molecule has 4 nitrogen and oxygen atoms in total. The summed E-state index contributed by atoms with van der Waals surface area (Å²) in [5.41, 5.74) is 0.323. The summed E-state index contributed by atoms with van der Waals surface area (Å²) in [5.74, 6) is 0.264. The molecule has 0 saturated heterocycles. The van der Waals surface area contributed by atoms with Crippen molar-refractivity contribution in [2.45, 2.75) is 51.6 Å². The molecule has 0 bridgehead atoms. The maximum atomic E-state index is 12.0. The molecule has 0 aromatic heterocycles. The van der Waals surface area contributed by atoms with Crippen molar-refractivity contribution in [3.05, 3.63) is 0 Å². The summed E-state index contributed by atoms with van der Waals surface area (Å²) >= 11 is 0. The van der Waals surface area contributed by atoms with Crippen LogP contribution in [0.4, 0.5) is 4.79 Å². The van der Waals surface area contributed by atoms with E-state index in [0.29, 0.717) is 12.0 Å². The lowest BCUT2D eigenvalue weighted by molar-refractivity contribution is 0.110. The van der Waals surface area contributed by atoms with Crippen molar-refractivity contribution in [3.8, 4) is 0 Å². The molecular weight excluding hydrogens is 228 g/mol. The van der Waals surface area contributed by atoms with E-state index in [-0.39, 0.29) is 18.1 Å². The third-order valence-corrected chi connectivity index (χ3v) is 4.70. The number of urea groups is 1. The van der Waals surface area contributed by atoms with Gasteiger partial charge in [0.05, 0.1) is 6.10 Å². The van der Waals surface area contributed by atoms with Gasteiger partial charge < -0.3 is 15.3 Å². The van der Waals surface area contributed by atoms with Gasteiger partial charge in [0, 0.05) is 26.1 Å². The molecule has 0 spiro atoms. The molecule has 2 N–H and O–H groups in total. The van der Waals surface area contributed by atoms with E-state index in [1.54, 1.807) is 4.90 Å². The normalized spacial score (nSPS) is 29.7. The summed E-state index contributed by atoms with van der Waals surface area (Å²) in [6, 6.07) is 0.00206. The van der Waals surface area contributed by atoms with Gasteiger partial charge in [0.15, 0.2) is 0 Å². The van der Waals surface area contributed by atoms with Gasteiger partial charge >= 0.3 is 6.03 Å². The Hall–Kier alpha value is -0.770. The van der Waals surface area contributed by atoms with Gasteiger partial charge in [-0.2, -0.15) is 0 Å². The van der Waals surface area contributed by atoms with Crippen LogP contribution >= 0.6 is 0 Å². The lowest BCUT2D eigenvalue weighted by Gasteiger charge is -2.38. The zero-order valence-corrected chi connectivity index (χ0v) is 11.6. The van der Waals surface area contributed by atoms with Crippen LogP contribution in [0.1, 0.15) is 45.4 Å². The number of aliphatic hydroxyl groups is 1. The Morgan fingerprint density at radius 3 is 2.61 bits per heavy atom. The molecular formula is C14H26N2O2. The molecule has 2 aliphatic rings. The zero-order chi connectivity index (χ0) is 13.2. The maximum absolute atomic E-state index is 12.0. The fraction of sp³-hybridized carbons (Fsp3) is 0.929. The summed E-state index contributed by atoms with van der Waals surface area (Å²) in [6.45, 7) is 3.69. The molecule has 0 heterocycles. The molecule has 2 rings (SSSR count). The molecule has 4 heteroatoms. The van der Waals surface area contributed by atoms with Crippen LogP contribution in [0.2, 0.25) is 0 Å². The highest BCUT2D eigenvalue weighted by Crippen LogP contribution is 2.39. The number of carbonyl (C=O) groups excluding carboxylic acids is 1. The van der Waals surface area contributed by atoms with Crippen LogP contribution in [0.15, 0.2) is 0 Å². The quantitative estimate of drug-likeness (QED) is 0.806. The number of nitrogens with zero attached hydrogens (tertiary/aromatic N) is 1. The van der Waals surface area contributed by atoms with Crippen LogP contribution in [-0.4, -0.2) is 42.3 Å². The van der Waals surface area contributed by atoms with E-state index in [1.807, 2.05) is 7.05 Å². The maximum Gasteiger partial charge on any atom is 0.317 e. The summed E-state index contributed by atoms with van der Waals surface area (Å²) in [6.07, 6.45) is 6.52. The van der Waals surface area contributed by atoms with E-state index in [2.05, 4.69) is 12.2 Å². The Balaban J connectivity index is 1.71. The molecule has 2 fully saturated rings. The number of hydrogen-bond acceptors (Lipinski definition) is 2. The topological polar surface area (TPSA) is 52.6 Å². The second-order valence-electron chi connectivity index (χ2n) is 6.46. The van der Waals surface area contributed by atoms with E-state index in [1.165, 1.54) is 19.3 Å². The number of rotatable bonds is 4. The summed E-state index contributed by atoms with van der Waals surface area (Å²) in [7, 11) is 1.82. The van der Waals surface area contributed by atoms with Gasteiger partial charge in [0.25, 0.3) is 0 Å².